The second-order valence-electron chi connectivity index (χ2n) is 5.84. The van der Waals surface area contributed by atoms with Gasteiger partial charge in [0.05, 0.1) is 5.39 Å². The number of thiophene rings is 1. The predicted octanol–water partition coefficient (Wildman–Crippen LogP) is 4.50. The summed E-state index contributed by atoms with van der Waals surface area (Å²) in [5, 5.41) is 10.0. The third-order valence-electron chi connectivity index (χ3n) is 4.53. The van der Waals surface area contributed by atoms with Crippen molar-refractivity contribution in [3.05, 3.63) is 11.4 Å². The van der Waals surface area contributed by atoms with E-state index in [1.807, 2.05) is 7.05 Å². The lowest BCUT2D eigenvalue weighted by Gasteiger charge is -2.30. The Morgan fingerprint density at radius 3 is 2.81 bits per heavy atom. The molecule has 3 rings (SSSR count). The van der Waals surface area contributed by atoms with Crippen molar-refractivity contribution in [1.82, 2.24) is 9.97 Å². The van der Waals surface area contributed by atoms with Crippen LogP contribution in [0.2, 0.25) is 0 Å². The van der Waals surface area contributed by atoms with E-state index >= 15 is 0 Å². The van der Waals surface area contributed by atoms with Crippen LogP contribution in [-0.4, -0.2) is 23.1 Å². The summed E-state index contributed by atoms with van der Waals surface area (Å²) in [5.41, 5.74) is 0. The van der Waals surface area contributed by atoms with Crippen molar-refractivity contribution in [2.45, 2.75) is 51.5 Å². The third kappa shape index (κ3) is 3.12. The van der Waals surface area contributed by atoms with Gasteiger partial charge in [-0.15, -0.1) is 11.3 Å². The van der Waals surface area contributed by atoms with Crippen LogP contribution in [0, 0.1) is 5.92 Å². The Balaban J connectivity index is 1.86. The Hall–Kier alpha value is -1.36. The highest BCUT2D eigenvalue weighted by Crippen LogP contribution is 2.32. The van der Waals surface area contributed by atoms with Crippen molar-refractivity contribution in [1.29, 1.82) is 0 Å². The second-order valence-corrected chi connectivity index (χ2v) is 6.74. The van der Waals surface area contributed by atoms with Gasteiger partial charge in [0.1, 0.15) is 10.6 Å². The minimum Gasteiger partial charge on any atom is -0.366 e. The molecule has 2 heterocycles. The lowest BCUT2D eigenvalue weighted by atomic mass is 9.83. The molecule has 0 saturated heterocycles. The number of aromatic nitrogens is 2. The lowest BCUT2D eigenvalue weighted by Crippen LogP contribution is -2.30. The molecule has 1 fully saturated rings. The van der Waals surface area contributed by atoms with Crippen LogP contribution in [0.5, 0.6) is 0 Å². The molecular formula is C16H24N4S. The largest absolute Gasteiger partial charge is 0.366 e. The molecule has 5 heteroatoms. The monoisotopic (exact) mass is 304 g/mol. The van der Waals surface area contributed by atoms with Crippen molar-refractivity contribution in [3.8, 4) is 0 Å². The fraction of sp³-hybridized carbons (Fsp3) is 0.625. The highest BCUT2D eigenvalue weighted by atomic mass is 32.1. The Kier molecular flexibility index (Phi) is 4.58. The van der Waals surface area contributed by atoms with Crippen molar-refractivity contribution in [2.75, 3.05) is 17.7 Å². The first-order valence-corrected chi connectivity index (χ1v) is 8.89. The molecule has 4 nitrogen and oxygen atoms in total. The molecule has 0 aromatic carbocycles. The molecule has 1 atom stereocenters. The Morgan fingerprint density at radius 2 is 2.10 bits per heavy atom. The molecule has 0 aliphatic heterocycles. The van der Waals surface area contributed by atoms with Crippen molar-refractivity contribution in [3.63, 3.8) is 0 Å². The lowest BCUT2D eigenvalue weighted by molar-refractivity contribution is 0.313. The van der Waals surface area contributed by atoms with E-state index in [0.29, 0.717) is 12.0 Å². The maximum absolute atomic E-state index is 4.65. The smallest absolute Gasteiger partial charge is 0.225 e. The van der Waals surface area contributed by atoms with E-state index in [1.54, 1.807) is 11.3 Å². The summed E-state index contributed by atoms with van der Waals surface area (Å²) in [6.07, 6.45) is 8.00. The summed E-state index contributed by atoms with van der Waals surface area (Å²) in [4.78, 5) is 10.2. The van der Waals surface area contributed by atoms with Crippen molar-refractivity contribution in [2.24, 2.45) is 5.92 Å². The maximum atomic E-state index is 4.65. The number of anilines is 2. The summed E-state index contributed by atoms with van der Waals surface area (Å²) in [6, 6.07) is 2.64. The minimum absolute atomic E-state index is 0.521. The maximum Gasteiger partial charge on any atom is 0.225 e. The van der Waals surface area contributed by atoms with Crippen LogP contribution in [0.1, 0.15) is 45.4 Å². The van der Waals surface area contributed by atoms with Gasteiger partial charge in [-0.05, 0) is 36.6 Å². The Labute approximate surface area is 130 Å². The van der Waals surface area contributed by atoms with Gasteiger partial charge in [0, 0.05) is 13.1 Å². The van der Waals surface area contributed by atoms with E-state index in [4.69, 9.17) is 0 Å². The van der Waals surface area contributed by atoms with Crippen LogP contribution >= 0.6 is 11.3 Å². The molecule has 114 valence electrons. The summed E-state index contributed by atoms with van der Waals surface area (Å²) < 4.78 is 0. The minimum atomic E-state index is 0.521. The average molecular weight is 304 g/mol. The summed E-state index contributed by atoms with van der Waals surface area (Å²) in [6.45, 7) is 2.28. The summed E-state index contributed by atoms with van der Waals surface area (Å²) >= 11 is 1.67. The molecule has 2 aromatic rings. The number of hydrogen-bond acceptors (Lipinski definition) is 5. The first-order valence-electron chi connectivity index (χ1n) is 8.01. The zero-order chi connectivity index (χ0) is 14.7. The van der Waals surface area contributed by atoms with E-state index in [2.05, 4.69) is 39.0 Å². The van der Waals surface area contributed by atoms with Crippen LogP contribution in [0.15, 0.2) is 11.4 Å². The molecule has 1 aliphatic carbocycles. The first kappa shape index (κ1) is 14.6. The van der Waals surface area contributed by atoms with Gasteiger partial charge in [-0.2, -0.15) is 4.98 Å². The molecule has 0 amide bonds. The van der Waals surface area contributed by atoms with Gasteiger partial charge >= 0.3 is 0 Å². The van der Waals surface area contributed by atoms with Crippen molar-refractivity contribution >= 4 is 33.3 Å². The molecule has 1 aliphatic rings. The third-order valence-corrected chi connectivity index (χ3v) is 5.34. The standard InChI is InChI=1S/C16H24N4S/c1-3-13(11-7-5-4-6-8-11)18-14-12-9-10-21-15(12)20-16(17-2)19-14/h9-11,13H,3-8H2,1-2H3,(H2,17,18,19,20). The van der Waals surface area contributed by atoms with Gasteiger partial charge in [0.2, 0.25) is 5.95 Å². The number of rotatable bonds is 5. The fourth-order valence-corrected chi connectivity index (χ4v) is 4.11. The van der Waals surface area contributed by atoms with Crippen molar-refractivity contribution < 1.29 is 0 Å². The van der Waals surface area contributed by atoms with E-state index in [0.717, 1.165) is 28.4 Å². The number of hydrogen-bond donors (Lipinski definition) is 2. The molecule has 0 spiro atoms. The van der Waals surface area contributed by atoms with Crippen LogP contribution in [0.4, 0.5) is 11.8 Å². The van der Waals surface area contributed by atoms with Gasteiger partial charge in [-0.25, -0.2) is 4.98 Å². The molecule has 0 bridgehead atoms. The van der Waals surface area contributed by atoms with Gasteiger partial charge in [0.15, 0.2) is 0 Å². The fourth-order valence-electron chi connectivity index (χ4n) is 3.34. The highest BCUT2D eigenvalue weighted by Gasteiger charge is 2.23. The molecule has 0 radical (unpaired) electrons. The quantitative estimate of drug-likeness (QED) is 0.853. The highest BCUT2D eigenvalue weighted by molar-refractivity contribution is 7.16. The zero-order valence-electron chi connectivity index (χ0n) is 12.9. The Bertz CT molecular complexity index is 589. The SMILES string of the molecule is CCC(Nc1nc(NC)nc2sccc12)C1CCCCC1. The molecule has 1 unspecified atom stereocenters. The van der Waals surface area contributed by atoms with Gasteiger partial charge in [-0.3, -0.25) is 0 Å². The van der Waals surface area contributed by atoms with E-state index in [9.17, 15) is 0 Å². The summed E-state index contributed by atoms with van der Waals surface area (Å²) in [7, 11) is 1.87. The number of nitrogens with zero attached hydrogens (tertiary/aromatic N) is 2. The number of nitrogens with one attached hydrogen (secondary N) is 2. The Morgan fingerprint density at radius 1 is 1.29 bits per heavy atom. The van der Waals surface area contributed by atoms with Crippen LogP contribution in [-0.2, 0) is 0 Å². The second kappa shape index (κ2) is 6.60. The predicted molar refractivity (Wildman–Crippen MR) is 91.2 cm³/mol. The average Bonchev–Trinajstić information content (AvgIpc) is 3.01. The normalized spacial score (nSPS) is 17.8. The molecule has 21 heavy (non-hydrogen) atoms. The zero-order valence-corrected chi connectivity index (χ0v) is 13.7. The van der Waals surface area contributed by atoms with Crippen LogP contribution < -0.4 is 10.6 Å². The first-order chi connectivity index (χ1) is 10.3. The van der Waals surface area contributed by atoms with Gasteiger partial charge in [0.25, 0.3) is 0 Å². The van der Waals surface area contributed by atoms with E-state index < -0.39 is 0 Å². The van der Waals surface area contributed by atoms with Gasteiger partial charge in [-0.1, -0.05) is 26.2 Å². The topological polar surface area (TPSA) is 49.8 Å². The summed E-state index contributed by atoms with van der Waals surface area (Å²) in [5.74, 6) is 2.47. The van der Waals surface area contributed by atoms with E-state index in [-0.39, 0.29) is 0 Å². The molecule has 2 aromatic heterocycles. The van der Waals surface area contributed by atoms with Gasteiger partial charge < -0.3 is 10.6 Å². The van der Waals surface area contributed by atoms with E-state index in [1.165, 1.54) is 32.1 Å². The molecule has 1 saturated carbocycles. The molecular weight excluding hydrogens is 280 g/mol. The number of fused-ring (bicyclic) bond motifs is 1. The van der Waals surface area contributed by atoms with Crippen LogP contribution in [0.3, 0.4) is 0 Å². The molecule has 2 N–H and O–H groups in total. The van der Waals surface area contributed by atoms with Crippen LogP contribution in [0.25, 0.3) is 10.2 Å².